The minimum Gasteiger partial charge on any atom is -0.475 e. The topological polar surface area (TPSA) is 60.2 Å². The predicted octanol–water partition coefficient (Wildman–Crippen LogP) is 2.85. The first kappa shape index (κ1) is 14.1. The number of ether oxygens (including phenoxy) is 1. The third kappa shape index (κ3) is 4.38. The van der Waals surface area contributed by atoms with Crippen LogP contribution in [-0.2, 0) is 6.54 Å². The van der Waals surface area contributed by atoms with Crippen molar-refractivity contribution in [3.63, 3.8) is 0 Å². The minimum atomic E-state index is 0.380. The Morgan fingerprint density at radius 2 is 2.21 bits per heavy atom. The molecule has 0 bridgehead atoms. The zero-order valence-electron chi connectivity index (χ0n) is 10.3. The van der Waals surface area contributed by atoms with Crippen LogP contribution >= 0.6 is 23.2 Å². The van der Waals surface area contributed by atoms with Crippen LogP contribution in [0, 0.1) is 6.92 Å². The monoisotopic (exact) mass is 301 g/mol. The van der Waals surface area contributed by atoms with Gasteiger partial charge in [0.25, 0.3) is 0 Å². The maximum absolute atomic E-state index is 5.93. The van der Waals surface area contributed by atoms with E-state index in [0.717, 1.165) is 11.5 Å². The van der Waals surface area contributed by atoms with E-state index in [1.807, 2.05) is 13.0 Å². The van der Waals surface area contributed by atoms with Gasteiger partial charge in [-0.2, -0.15) is 0 Å². The predicted molar refractivity (Wildman–Crippen MR) is 72.7 cm³/mol. The number of pyridine rings is 1. The number of nitrogens with one attached hydrogen (secondary N) is 1. The maximum atomic E-state index is 5.93. The number of aromatic nitrogens is 2. The first-order chi connectivity index (χ1) is 9.15. The molecule has 19 heavy (non-hydrogen) atoms. The lowest BCUT2D eigenvalue weighted by Crippen LogP contribution is -2.21. The van der Waals surface area contributed by atoms with Gasteiger partial charge >= 0.3 is 0 Å². The van der Waals surface area contributed by atoms with E-state index in [0.29, 0.717) is 35.6 Å². The molecule has 7 heteroatoms. The van der Waals surface area contributed by atoms with Gasteiger partial charge in [-0.3, -0.25) is 0 Å². The molecule has 0 aliphatic rings. The van der Waals surface area contributed by atoms with Gasteiger partial charge in [0.1, 0.15) is 17.4 Å². The quantitative estimate of drug-likeness (QED) is 0.831. The lowest BCUT2D eigenvalue weighted by Gasteiger charge is -2.07. The van der Waals surface area contributed by atoms with Crippen LogP contribution in [0.2, 0.25) is 10.0 Å². The molecule has 0 aliphatic heterocycles. The first-order valence-electron chi connectivity index (χ1n) is 5.72. The van der Waals surface area contributed by atoms with E-state index in [1.165, 1.54) is 6.20 Å². The van der Waals surface area contributed by atoms with Crippen LogP contribution in [-0.4, -0.2) is 23.3 Å². The summed E-state index contributed by atoms with van der Waals surface area (Å²) in [5.74, 6) is 1.18. The Morgan fingerprint density at radius 1 is 1.37 bits per heavy atom. The van der Waals surface area contributed by atoms with E-state index < -0.39 is 0 Å². The van der Waals surface area contributed by atoms with Crippen molar-refractivity contribution in [1.29, 1.82) is 0 Å². The summed E-state index contributed by atoms with van der Waals surface area (Å²) in [7, 11) is 0. The zero-order chi connectivity index (χ0) is 13.7. The molecule has 0 saturated heterocycles. The highest BCUT2D eigenvalue weighted by molar-refractivity contribution is 6.35. The van der Waals surface area contributed by atoms with Crippen LogP contribution in [0.25, 0.3) is 0 Å². The molecular formula is C12H13Cl2N3O2. The zero-order valence-corrected chi connectivity index (χ0v) is 11.8. The Labute approximate surface area is 120 Å². The third-order valence-corrected chi connectivity index (χ3v) is 2.75. The average molecular weight is 302 g/mol. The number of hydrogen-bond acceptors (Lipinski definition) is 5. The Bertz CT molecular complexity index is 546. The Morgan fingerprint density at radius 3 is 2.89 bits per heavy atom. The van der Waals surface area contributed by atoms with Crippen molar-refractivity contribution in [2.75, 3.05) is 13.2 Å². The van der Waals surface area contributed by atoms with E-state index in [-0.39, 0.29) is 0 Å². The van der Waals surface area contributed by atoms with E-state index >= 15 is 0 Å². The van der Waals surface area contributed by atoms with Gasteiger partial charge in [-0.15, -0.1) is 0 Å². The Hall–Kier alpha value is -1.30. The lowest BCUT2D eigenvalue weighted by molar-refractivity contribution is 0.301. The van der Waals surface area contributed by atoms with Crippen LogP contribution < -0.4 is 10.1 Å². The van der Waals surface area contributed by atoms with E-state index in [2.05, 4.69) is 15.5 Å². The number of rotatable bonds is 6. The summed E-state index contributed by atoms with van der Waals surface area (Å²) in [6, 6.07) is 3.47. The van der Waals surface area contributed by atoms with Crippen molar-refractivity contribution in [1.82, 2.24) is 15.5 Å². The number of nitrogens with zero attached hydrogens (tertiary/aromatic N) is 2. The maximum Gasteiger partial charge on any atom is 0.232 e. The fourth-order valence-corrected chi connectivity index (χ4v) is 1.88. The molecule has 2 aromatic heterocycles. The van der Waals surface area contributed by atoms with Gasteiger partial charge in [-0.25, -0.2) is 4.98 Å². The number of aryl methyl sites for hydroxylation is 1. The van der Waals surface area contributed by atoms with Gasteiger partial charge in [0, 0.05) is 25.4 Å². The van der Waals surface area contributed by atoms with E-state index in [9.17, 15) is 0 Å². The van der Waals surface area contributed by atoms with Gasteiger partial charge < -0.3 is 14.6 Å². The fourth-order valence-electron chi connectivity index (χ4n) is 1.45. The summed E-state index contributed by atoms with van der Waals surface area (Å²) < 4.78 is 10.4. The molecule has 5 nitrogen and oxygen atoms in total. The second-order valence-corrected chi connectivity index (χ2v) is 4.74. The standard InChI is InChI=1S/C12H13Cl2N3O2/c1-8-4-10(17-19-8)7-15-2-3-18-12-11(14)5-9(13)6-16-12/h4-6,15H,2-3,7H2,1H3. The van der Waals surface area contributed by atoms with Crippen LogP contribution in [0.5, 0.6) is 5.88 Å². The summed E-state index contributed by atoms with van der Waals surface area (Å²) in [6.07, 6.45) is 1.49. The smallest absolute Gasteiger partial charge is 0.232 e. The van der Waals surface area contributed by atoms with Gasteiger partial charge in [0.05, 0.1) is 10.7 Å². The van der Waals surface area contributed by atoms with Crippen LogP contribution in [0.4, 0.5) is 0 Å². The molecule has 0 atom stereocenters. The molecule has 0 radical (unpaired) electrons. The van der Waals surface area contributed by atoms with Crippen LogP contribution in [0.15, 0.2) is 22.9 Å². The molecule has 1 N–H and O–H groups in total. The molecule has 102 valence electrons. The Balaban J connectivity index is 1.69. The van der Waals surface area contributed by atoms with Gasteiger partial charge in [-0.1, -0.05) is 28.4 Å². The lowest BCUT2D eigenvalue weighted by atomic mass is 10.4. The van der Waals surface area contributed by atoms with Gasteiger partial charge in [-0.05, 0) is 13.0 Å². The van der Waals surface area contributed by atoms with Crippen molar-refractivity contribution in [2.45, 2.75) is 13.5 Å². The molecule has 0 spiro atoms. The molecule has 0 aromatic carbocycles. The van der Waals surface area contributed by atoms with E-state index in [1.54, 1.807) is 6.07 Å². The molecule has 0 aliphatic carbocycles. The fraction of sp³-hybridized carbons (Fsp3) is 0.333. The van der Waals surface area contributed by atoms with Crippen molar-refractivity contribution >= 4 is 23.2 Å². The average Bonchev–Trinajstić information content (AvgIpc) is 2.77. The summed E-state index contributed by atoms with van der Waals surface area (Å²) in [6.45, 7) is 3.58. The van der Waals surface area contributed by atoms with Gasteiger partial charge in [0.15, 0.2) is 0 Å². The summed E-state index contributed by atoms with van der Waals surface area (Å²) in [4.78, 5) is 4.00. The molecule has 0 saturated carbocycles. The van der Waals surface area contributed by atoms with Crippen molar-refractivity contribution in [3.05, 3.63) is 39.8 Å². The number of halogens is 2. The largest absolute Gasteiger partial charge is 0.475 e. The first-order valence-corrected chi connectivity index (χ1v) is 6.47. The summed E-state index contributed by atoms with van der Waals surface area (Å²) in [5.41, 5.74) is 0.861. The summed E-state index contributed by atoms with van der Waals surface area (Å²) in [5, 5.41) is 7.93. The van der Waals surface area contributed by atoms with Crippen molar-refractivity contribution in [3.8, 4) is 5.88 Å². The normalized spacial score (nSPS) is 10.7. The molecule has 0 unspecified atom stereocenters. The summed E-state index contributed by atoms with van der Waals surface area (Å²) >= 11 is 11.7. The second-order valence-electron chi connectivity index (χ2n) is 3.89. The minimum absolute atomic E-state index is 0.380. The highest BCUT2D eigenvalue weighted by atomic mass is 35.5. The number of hydrogen-bond donors (Lipinski definition) is 1. The molecule has 2 aromatic rings. The third-order valence-electron chi connectivity index (χ3n) is 2.27. The molecule has 2 heterocycles. The van der Waals surface area contributed by atoms with Crippen molar-refractivity contribution < 1.29 is 9.26 Å². The van der Waals surface area contributed by atoms with Gasteiger partial charge in [0.2, 0.25) is 5.88 Å². The van der Waals surface area contributed by atoms with Crippen molar-refractivity contribution in [2.24, 2.45) is 0 Å². The Kier molecular flexibility index (Phi) is 5.01. The van der Waals surface area contributed by atoms with E-state index in [4.69, 9.17) is 32.5 Å². The van der Waals surface area contributed by atoms with Crippen LogP contribution in [0.1, 0.15) is 11.5 Å². The molecule has 2 rings (SSSR count). The molecule has 0 amide bonds. The molecule has 0 fully saturated rings. The SMILES string of the molecule is Cc1cc(CNCCOc2ncc(Cl)cc2Cl)no1. The highest BCUT2D eigenvalue weighted by Gasteiger charge is 2.04. The molecular weight excluding hydrogens is 289 g/mol. The van der Waals surface area contributed by atoms with Crippen LogP contribution in [0.3, 0.4) is 0 Å². The highest BCUT2D eigenvalue weighted by Crippen LogP contribution is 2.24. The second kappa shape index (κ2) is 6.75.